The Kier molecular flexibility index (Phi) is 11.3. The van der Waals surface area contributed by atoms with Crippen molar-refractivity contribution in [3.05, 3.63) is 247 Å². The maximum atomic E-state index is 5.13. The molecule has 312 valence electrons. The summed E-state index contributed by atoms with van der Waals surface area (Å²) >= 11 is 0. The molecular formula is C62H49N3. The number of aromatic nitrogens is 2. The molecule has 0 aliphatic heterocycles. The van der Waals surface area contributed by atoms with Crippen LogP contribution in [0, 0.1) is 27.7 Å². The molecule has 0 aliphatic carbocycles. The lowest BCUT2D eigenvalue weighted by molar-refractivity contribution is 1.23. The number of hydrogen-bond donors (Lipinski definition) is 0. The molecule has 2 heterocycles. The fourth-order valence-corrected chi connectivity index (χ4v) is 9.09. The number of benzene rings is 8. The van der Waals surface area contributed by atoms with Crippen LogP contribution in [0.1, 0.15) is 22.3 Å². The standard InChI is InChI=1S/C62H49N3/c1-42-30-43(2)62(59(31-42)50-28-18-9-19-29-50)65(55-34-51(46-20-10-5-11-21-46)32-53(36-55)60-38-57(44(3)40-63-60)48-24-14-7-15-25-48)56-35-52(47-22-12-6-13-23-47)33-54(37-56)61-39-58(45(4)41-64-61)49-26-16-8-17-27-49/h5-41H,1-4H3. The largest absolute Gasteiger partial charge is 0.310 e. The Labute approximate surface area is 383 Å². The summed E-state index contributed by atoms with van der Waals surface area (Å²) in [6, 6.07) is 76.4. The molecule has 0 saturated carbocycles. The number of hydrogen-bond acceptors (Lipinski definition) is 3. The summed E-state index contributed by atoms with van der Waals surface area (Å²) in [7, 11) is 0. The third kappa shape index (κ3) is 8.53. The average molecular weight is 836 g/mol. The maximum absolute atomic E-state index is 5.13. The fraction of sp³-hybridized carbons (Fsp3) is 0.0645. The van der Waals surface area contributed by atoms with Gasteiger partial charge in [0, 0.05) is 40.5 Å². The summed E-state index contributed by atoms with van der Waals surface area (Å²) in [5.74, 6) is 0. The van der Waals surface area contributed by atoms with E-state index >= 15 is 0 Å². The predicted octanol–water partition coefficient (Wildman–Crippen LogP) is 16.8. The molecule has 0 aliphatic rings. The quantitative estimate of drug-likeness (QED) is 0.137. The van der Waals surface area contributed by atoms with Crippen molar-refractivity contribution in [3.8, 4) is 78.1 Å². The topological polar surface area (TPSA) is 29.0 Å². The van der Waals surface area contributed by atoms with E-state index in [-0.39, 0.29) is 0 Å². The molecule has 10 rings (SSSR count). The highest BCUT2D eigenvalue weighted by Gasteiger charge is 2.24. The lowest BCUT2D eigenvalue weighted by atomic mass is 9.93. The minimum atomic E-state index is 0.911. The first kappa shape index (κ1) is 40.9. The van der Waals surface area contributed by atoms with Gasteiger partial charge in [0.15, 0.2) is 0 Å². The molecule has 0 bridgehead atoms. The molecule has 0 spiro atoms. The van der Waals surface area contributed by atoms with Crippen molar-refractivity contribution in [2.75, 3.05) is 4.90 Å². The first-order valence-corrected chi connectivity index (χ1v) is 22.3. The highest BCUT2D eigenvalue weighted by molar-refractivity contribution is 5.95. The first-order valence-electron chi connectivity index (χ1n) is 22.3. The zero-order chi connectivity index (χ0) is 44.3. The summed E-state index contributed by atoms with van der Waals surface area (Å²) in [5.41, 5.74) is 23.1. The summed E-state index contributed by atoms with van der Waals surface area (Å²) < 4.78 is 0. The Hall–Kier alpha value is -8.14. The second-order valence-electron chi connectivity index (χ2n) is 16.9. The van der Waals surface area contributed by atoms with E-state index in [1.54, 1.807) is 0 Å². The van der Waals surface area contributed by atoms with E-state index in [0.717, 1.165) is 84.1 Å². The van der Waals surface area contributed by atoms with Crippen LogP contribution < -0.4 is 4.90 Å². The van der Waals surface area contributed by atoms with Gasteiger partial charge in [-0.2, -0.15) is 0 Å². The zero-order valence-corrected chi connectivity index (χ0v) is 37.2. The molecule has 10 aromatic rings. The van der Waals surface area contributed by atoms with E-state index in [4.69, 9.17) is 9.97 Å². The Morgan fingerprint density at radius 3 is 1.05 bits per heavy atom. The molecule has 3 nitrogen and oxygen atoms in total. The highest BCUT2D eigenvalue weighted by atomic mass is 15.1. The Morgan fingerprint density at radius 2 is 0.646 bits per heavy atom. The zero-order valence-electron chi connectivity index (χ0n) is 37.2. The molecule has 0 fully saturated rings. The monoisotopic (exact) mass is 835 g/mol. The van der Waals surface area contributed by atoms with Crippen molar-refractivity contribution in [3.63, 3.8) is 0 Å². The van der Waals surface area contributed by atoms with Gasteiger partial charge < -0.3 is 4.90 Å². The van der Waals surface area contributed by atoms with Crippen molar-refractivity contribution in [2.45, 2.75) is 27.7 Å². The SMILES string of the molecule is Cc1cc(C)c(N(c2cc(-c3ccccc3)cc(-c3cc(-c4ccccc4)c(C)cn3)c2)c2cc(-c3ccccc3)cc(-c3cc(-c4ccccc4)c(C)cn3)c2)c(-c2ccccc2)c1. The second-order valence-corrected chi connectivity index (χ2v) is 16.9. The van der Waals surface area contributed by atoms with Gasteiger partial charge in [0.1, 0.15) is 0 Å². The van der Waals surface area contributed by atoms with Crippen LogP contribution in [0.5, 0.6) is 0 Å². The van der Waals surface area contributed by atoms with E-state index in [0.29, 0.717) is 0 Å². The van der Waals surface area contributed by atoms with Gasteiger partial charge in [-0.25, -0.2) is 0 Å². The molecule has 8 aromatic carbocycles. The van der Waals surface area contributed by atoms with Gasteiger partial charge in [0.05, 0.1) is 17.1 Å². The third-order valence-electron chi connectivity index (χ3n) is 12.3. The van der Waals surface area contributed by atoms with Crippen molar-refractivity contribution in [1.29, 1.82) is 0 Å². The normalized spacial score (nSPS) is 11.1. The summed E-state index contributed by atoms with van der Waals surface area (Å²) in [5, 5.41) is 0. The van der Waals surface area contributed by atoms with Gasteiger partial charge in [0.25, 0.3) is 0 Å². The number of pyridine rings is 2. The molecule has 0 amide bonds. The van der Waals surface area contributed by atoms with Crippen molar-refractivity contribution in [2.24, 2.45) is 0 Å². The number of anilines is 3. The lowest BCUT2D eigenvalue weighted by Crippen LogP contribution is -2.14. The minimum Gasteiger partial charge on any atom is -0.310 e. The number of nitrogens with zero attached hydrogens (tertiary/aromatic N) is 3. The van der Waals surface area contributed by atoms with Crippen LogP contribution in [0.2, 0.25) is 0 Å². The van der Waals surface area contributed by atoms with E-state index in [1.165, 1.54) is 33.4 Å². The van der Waals surface area contributed by atoms with Gasteiger partial charge in [0.2, 0.25) is 0 Å². The molecule has 0 unspecified atom stereocenters. The Balaban J connectivity index is 1.28. The van der Waals surface area contributed by atoms with Crippen molar-refractivity contribution in [1.82, 2.24) is 9.97 Å². The van der Waals surface area contributed by atoms with Crippen molar-refractivity contribution >= 4 is 17.1 Å². The molecule has 0 saturated heterocycles. The van der Waals surface area contributed by atoms with Crippen LogP contribution in [0.3, 0.4) is 0 Å². The van der Waals surface area contributed by atoms with Gasteiger partial charge in [-0.3, -0.25) is 9.97 Å². The maximum Gasteiger partial charge on any atom is 0.0709 e. The van der Waals surface area contributed by atoms with E-state index in [9.17, 15) is 0 Å². The first-order chi connectivity index (χ1) is 31.9. The molecule has 0 N–H and O–H groups in total. The molecule has 2 aromatic heterocycles. The van der Waals surface area contributed by atoms with Gasteiger partial charge in [-0.1, -0.05) is 163 Å². The molecule has 0 radical (unpaired) electrons. The van der Waals surface area contributed by atoms with Gasteiger partial charge >= 0.3 is 0 Å². The number of rotatable bonds is 10. The predicted molar refractivity (Wildman–Crippen MR) is 274 cm³/mol. The Morgan fingerprint density at radius 1 is 0.292 bits per heavy atom. The Bertz CT molecular complexity index is 3100. The van der Waals surface area contributed by atoms with Crippen LogP contribution in [0.25, 0.3) is 78.1 Å². The van der Waals surface area contributed by atoms with Gasteiger partial charge in [-0.05, 0) is 149 Å². The van der Waals surface area contributed by atoms with E-state index in [1.807, 2.05) is 12.4 Å². The molecule has 65 heavy (non-hydrogen) atoms. The minimum absolute atomic E-state index is 0.911. The summed E-state index contributed by atoms with van der Waals surface area (Å²) in [4.78, 5) is 12.7. The second kappa shape index (κ2) is 17.9. The molecule has 0 atom stereocenters. The van der Waals surface area contributed by atoms with E-state index in [2.05, 4.69) is 245 Å². The van der Waals surface area contributed by atoms with Crippen LogP contribution >= 0.6 is 0 Å². The van der Waals surface area contributed by atoms with Crippen LogP contribution in [-0.2, 0) is 0 Å². The molecular weight excluding hydrogens is 787 g/mol. The third-order valence-corrected chi connectivity index (χ3v) is 12.3. The van der Waals surface area contributed by atoms with Crippen molar-refractivity contribution < 1.29 is 0 Å². The van der Waals surface area contributed by atoms with Crippen LogP contribution in [0.15, 0.2) is 225 Å². The van der Waals surface area contributed by atoms with Crippen LogP contribution in [-0.4, -0.2) is 9.97 Å². The summed E-state index contributed by atoms with van der Waals surface area (Å²) in [6.07, 6.45) is 4.02. The highest BCUT2D eigenvalue weighted by Crippen LogP contribution is 2.47. The van der Waals surface area contributed by atoms with Crippen LogP contribution in [0.4, 0.5) is 17.1 Å². The average Bonchev–Trinajstić information content (AvgIpc) is 3.36. The number of aryl methyl sites for hydroxylation is 4. The summed E-state index contributed by atoms with van der Waals surface area (Å²) in [6.45, 7) is 8.71. The van der Waals surface area contributed by atoms with E-state index < -0.39 is 0 Å². The smallest absolute Gasteiger partial charge is 0.0709 e. The molecule has 3 heteroatoms. The lowest BCUT2D eigenvalue weighted by Gasteiger charge is -2.31. The fourth-order valence-electron chi connectivity index (χ4n) is 9.09. The van der Waals surface area contributed by atoms with Gasteiger partial charge in [-0.15, -0.1) is 0 Å².